The van der Waals surface area contributed by atoms with Gasteiger partial charge in [-0.3, -0.25) is 9.69 Å². The Morgan fingerprint density at radius 1 is 1.13 bits per heavy atom. The van der Waals surface area contributed by atoms with Gasteiger partial charge in [0.2, 0.25) is 0 Å². The van der Waals surface area contributed by atoms with E-state index in [1.807, 2.05) is 31.2 Å². The third kappa shape index (κ3) is 5.20. The van der Waals surface area contributed by atoms with E-state index in [1.165, 1.54) is 26.0 Å². The van der Waals surface area contributed by atoms with Gasteiger partial charge in [-0.05, 0) is 36.3 Å². The highest BCUT2D eigenvalue weighted by Crippen LogP contribution is 2.35. The van der Waals surface area contributed by atoms with E-state index in [0.29, 0.717) is 27.3 Å². The fraction of sp³-hybridized carbons (Fsp3) is 0.227. The zero-order valence-electron chi connectivity index (χ0n) is 16.8. The van der Waals surface area contributed by atoms with Crippen molar-refractivity contribution in [3.63, 3.8) is 0 Å². The van der Waals surface area contributed by atoms with E-state index in [2.05, 4.69) is 4.74 Å². The molecule has 0 saturated carbocycles. The number of ether oxygens (including phenoxy) is 3. The molecule has 3 rings (SSSR count). The minimum Gasteiger partial charge on any atom is -0.493 e. The van der Waals surface area contributed by atoms with Crippen LogP contribution in [0.1, 0.15) is 16.7 Å². The fourth-order valence-corrected chi connectivity index (χ4v) is 4.01. The molecule has 1 aliphatic rings. The molecule has 1 fully saturated rings. The molecule has 0 radical (unpaired) electrons. The second-order valence-corrected chi connectivity index (χ2v) is 8.20. The summed E-state index contributed by atoms with van der Waals surface area (Å²) < 4.78 is 15.8. The number of hydrogen-bond donors (Lipinski definition) is 0. The summed E-state index contributed by atoms with van der Waals surface area (Å²) in [5.41, 5.74) is 2.94. The minimum atomic E-state index is -0.488. The minimum absolute atomic E-state index is 0.129. The van der Waals surface area contributed by atoms with Crippen molar-refractivity contribution < 1.29 is 23.8 Å². The van der Waals surface area contributed by atoms with Crippen molar-refractivity contribution in [2.45, 2.75) is 13.5 Å². The number of aryl methyl sites for hydroxylation is 1. The number of benzene rings is 2. The fourth-order valence-electron chi connectivity index (χ4n) is 2.75. The molecule has 2 aromatic carbocycles. The maximum atomic E-state index is 12.9. The third-order valence-corrected chi connectivity index (χ3v) is 5.77. The van der Waals surface area contributed by atoms with Gasteiger partial charge in [0.1, 0.15) is 4.32 Å². The topological polar surface area (TPSA) is 65.1 Å². The first-order valence-corrected chi connectivity index (χ1v) is 10.3. The van der Waals surface area contributed by atoms with Gasteiger partial charge in [0.15, 0.2) is 18.1 Å². The predicted octanol–water partition coefficient (Wildman–Crippen LogP) is 3.96. The molecule has 156 valence electrons. The van der Waals surface area contributed by atoms with E-state index in [-0.39, 0.29) is 12.5 Å². The highest BCUT2D eigenvalue weighted by Gasteiger charge is 2.32. The van der Waals surface area contributed by atoms with E-state index < -0.39 is 5.97 Å². The Bertz CT molecular complexity index is 1000. The molecule has 1 aliphatic heterocycles. The number of hydrogen-bond acceptors (Lipinski definition) is 7. The van der Waals surface area contributed by atoms with Gasteiger partial charge in [0.25, 0.3) is 5.91 Å². The Labute approximate surface area is 184 Å². The maximum Gasteiger partial charge on any atom is 0.343 e. The molecule has 1 heterocycles. The number of nitrogens with zero attached hydrogens (tertiary/aromatic N) is 1. The molecule has 30 heavy (non-hydrogen) atoms. The van der Waals surface area contributed by atoms with Crippen molar-refractivity contribution in [1.29, 1.82) is 0 Å². The van der Waals surface area contributed by atoms with Crippen molar-refractivity contribution in [1.82, 2.24) is 4.90 Å². The molecule has 6 nitrogen and oxygen atoms in total. The zero-order chi connectivity index (χ0) is 21.7. The molecule has 0 N–H and O–H groups in total. The molecule has 0 aliphatic carbocycles. The summed E-state index contributed by atoms with van der Waals surface area (Å²) in [5, 5.41) is 0. The number of esters is 1. The largest absolute Gasteiger partial charge is 0.493 e. The monoisotopic (exact) mass is 443 g/mol. The smallest absolute Gasteiger partial charge is 0.343 e. The lowest BCUT2D eigenvalue weighted by molar-refractivity contribution is -0.142. The van der Waals surface area contributed by atoms with Gasteiger partial charge in [-0.25, -0.2) is 4.79 Å². The van der Waals surface area contributed by atoms with Crippen molar-refractivity contribution in [3.8, 4) is 11.5 Å². The van der Waals surface area contributed by atoms with Gasteiger partial charge in [0.05, 0.1) is 25.7 Å². The second kappa shape index (κ2) is 9.77. The van der Waals surface area contributed by atoms with Crippen molar-refractivity contribution in [3.05, 3.63) is 64.1 Å². The Morgan fingerprint density at radius 2 is 1.87 bits per heavy atom. The van der Waals surface area contributed by atoms with E-state index >= 15 is 0 Å². The van der Waals surface area contributed by atoms with Gasteiger partial charge < -0.3 is 14.2 Å². The van der Waals surface area contributed by atoms with Gasteiger partial charge in [-0.15, -0.1) is 0 Å². The van der Waals surface area contributed by atoms with Crippen LogP contribution in [0.25, 0.3) is 6.08 Å². The van der Waals surface area contributed by atoms with Gasteiger partial charge in [0, 0.05) is 0 Å². The standard InChI is InChI=1S/C22H21NO5S2/c1-14-4-6-15(7-5-14)12-23-21(25)19(30-22(23)29)11-16-8-9-17(18(10-16)26-2)28-13-20(24)27-3/h4-11H,12-13H2,1-3H3. The first-order valence-electron chi connectivity index (χ1n) is 9.10. The highest BCUT2D eigenvalue weighted by atomic mass is 32.2. The van der Waals surface area contributed by atoms with Crippen molar-refractivity contribution in [2.24, 2.45) is 0 Å². The van der Waals surface area contributed by atoms with E-state index in [1.54, 1.807) is 29.2 Å². The predicted molar refractivity (Wildman–Crippen MR) is 120 cm³/mol. The van der Waals surface area contributed by atoms with Crippen LogP contribution in [-0.4, -0.2) is 41.9 Å². The summed E-state index contributed by atoms with van der Waals surface area (Å²) in [6.45, 7) is 2.24. The molecular weight excluding hydrogens is 422 g/mol. The summed E-state index contributed by atoms with van der Waals surface area (Å²) >= 11 is 6.68. The maximum absolute atomic E-state index is 12.9. The molecule has 0 bridgehead atoms. The van der Waals surface area contributed by atoms with Crippen molar-refractivity contribution in [2.75, 3.05) is 20.8 Å². The lowest BCUT2D eigenvalue weighted by atomic mass is 10.1. The van der Waals surface area contributed by atoms with Gasteiger partial charge in [-0.1, -0.05) is 59.9 Å². The summed E-state index contributed by atoms with van der Waals surface area (Å²) in [7, 11) is 2.80. The Morgan fingerprint density at radius 3 is 2.53 bits per heavy atom. The van der Waals surface area contributed by atoms with Crippen molar-refractivity contribution >= 4 is 46.3 Å². The number of rotatable bonds is 7. The lowest BCUT2D eigenvalue weighted by Crippen LogP contribution is -2.27. The van der Waals surface area contributed by atoms with Crippen LogP contribution < -0.4 is 9.47 Å². The second-order valence-electron chi connectivity index (χ2n) is 6.53. The number of carbonyl (C=O) groups is 2. The normalized spacial score (nSPS) is 14.9. The summed E-state index contributed by atoms with van der Waals surface area (Å²) in [5.74, 6) is 0.240. The molecular formula is C22H21NO5S2. The van der Waals surface area contributed by atoms with Crippen LogP contribution >= 0.6 is 24.0 Å². The average molecular weight is 444 g/mol. The summed E-state index contributed by atoms with van der Waals surface area (Å²) in [4.78, 5) is 26.3. The molecule has 2 aromatic rings. The molecule has 0 spiro atoms. The molecule has 0 atom stereocenters. The molecule has 1 saturated heterocycles. The highest BCUT2D eigenvalue weighted by molar-refractivity contribution is 8.26. The lowest BCUT2D eigenvalue weighted by Gasteiger charge is -2.14. The average Bonchev–Trinajstić information content (AvgIpc) is 3.01. The molecule has 0 unspecified atom stereocenters. The number of amides is 1. The first-order chi connectivity index (χ1) is 14.4. The van der Waals surface area contributed by atoms with E-state index in [0.717, 1.165) is 16.7 Å². The van der Waals surface area contributed by atoms with Crippen LogP contribution in [0, 0.1) is 6.92 Å². The Kier molecular flexibility index (Phi) is 7.12. The molecule has 0 aromatic heterocycles. The van der Waals surface area contributed by atoms with Gasteiger partial charge >= 0.3 is 5.97 Å². The Balaban J connectivity index is 1.76. The van der Waals surface area contributed by atoms with Crippen LogP contribution in [0.4, 0.5) is 0 Å². The first kappa shape index (κ1) is 21.9. The van der Waals surface area contributed by atoms with Crippen LogP contribution in [0.3, 0.4) is 0 Å². The SMILES string of the molecule is COC(=O)COc1ccc(C=C2SC(=S)N(Cc3ccc(C)cc3)C2=O)cc1OC. The van der Waals surface area contributed by atoms with Crippen LogP contribution in [0.2, 0.25) is 0 Å². The third-order valence-electron chi connectivity index (χ3n) is 4.39. The van der Waals surface area contributed by atoms with Crippen LogP contribution in [-0.2, 0) is 20.9 Å². The summed E-state index contributed by atoms with van der Waals surface area (Å²) in [6, 6.07) is 13.2. The molecule has 8 heteroatoms. The van der Waals surface area contributed by atoms with E-state index in [9.17, 15) is 9.59 Å². The zero-order valence-corrected chi connectivity index (χ0v) is 18.5. The number of methoxy groups -OCH3 is 2. The van der Waals surface area contributed by atoms with Crippen LogP contribution in [0.5, 0.6) is 11.5 Å². The number of thiocarbonyl (C=S) groups is 1. The number of thioether (sulfide) groups is 1. The summed E-state index contributed by atoms with van der Waals surface area (Å²) in [6.07, 6.45) is 1.76. The number of carbonyl (C=O) groups excluding carboxylic acids is 2. The Hall–Kier alpha value is -2.84. The molecule has 1 amide bonds. The van der Waals surface area contributed by atoms with Crippen LogP contribution in [0.15, 0.2) is 47.4 Å². The quantitative estimate of drug-likeness (QED) is 0.365. The van der Waals surface area contributed by atoms with E-state index in [4.69, 9.17) is 21.7 Å². The van der Waals surface area contributed by atoms with Gasteiger partial charge in [-0.2, -0.15) is 0 Å².